The fourth-order valence-corrected chi connectivity index (χ4v) is 6.99. The molecule has 0 radical (unpaired) electrons. The Bertz CT molecular complexity index is 842. The van der Waals surface area contributed by atoms with Gasteiger partial charge in [0.15, 0.2) is 15.0 Å². The molecule has 1 N–H and O–H groups in total. The average Bonchev–Trinajstić information content (AvgIpc) is 2.88. The molecular formula is C15H14N2O2S2. The van der Waals surface area contributed by atoms with Crippen molar-refractivity contribution < 1.29 is 8.42 Å². The molecule has 2 fully saturated rings. The summed E-state index contributed by atoms with van der Waals surface area (Å²) < 4.78 is 23.8. The van der Waals surface area contributed by atoms with E-state index in [2.05, 4.69) is 0 Å². The quantitative estimate of drug-likeness (QED) is 0.877. The van der Waals surface area contributed by atoms with Crippen molar-refractivity contribution in [2.75, 3.05) is 16.4 Å². The monoisotopic (exact) mass is 318 g/mol. The number of rotatable bonds is 1. The van der Waals surface area contributed by atoms with Crippen LogP contribution in [0.1, 0.15) is 0 Å². The van der Waals surface area contributed by atoms with Gasteiger partial charge >= 0.3 is 0 Å². The molecule has 108 valence electrons. The topological polar surface area (TPSA) is 61.2 Å². The van der Waals surface area contributed by atoms with Crippen molar-refractivity contribution in [1.29, 1.82) is 5.41 Å². The molecule has 21 heavy (non-hydrogen) atoms. The minimum absolute atomic E-state index is 0.0125. The van der Waals surface area contributed by atoms with Gasteiger partial charge in [-0.25, -0.2) is 8.42 Å². The number of nitrogens with one attached hydrogen (secondary N) is 1. The standard InChI is InChI=1S/C15H14N2O2S2/c16-15-17(13-8-21(18,19)9-14(13)20-15)12-7-3-5-10-4-1-2-6-11(10)12/h1-7,13-14,16H,8-9H2/t13-,14+/m1/s1. The third-order valence-corrected chi connectivity index (χ3v) is 7.24. The SMILES string of the molecule is N=C1S[C@H]2CS(=O)(=O)C[C@H]2N1c1cccc2ccccc12. The summed E-state index contributed by atoms with van der Waals surface area (Å²) in [6.07, 6.45) is 0. The summed E-state index contributed by atoms with van der Waals surface area (Å²) in [6, 6.07) is 13.9. The molecule has 2 saturated heterocycles. The molecule has 0 aromatic heterocycles. The Balaban J connectivity index is 1.86. The summed E-state index contributed by atoms with van der Waals surface area (Å²) in [5.41, 5.74) is 0.940. The lowest BCUT2D eigenvalue weighted by Crippen LogP contribution is -2.37. The Morgan fingerprint density at radius 3 is 2.71 bits per heavy atom. The Labute approximate surface area is 127 Å². The first-order valence-electron chi connectivity index (χ1n) is 6.78. The lowest BCUT2D eigenvalue weighted by molar-refractivity contribution is 0.601. The molecule has 2 atom stereocenters. The van der Waals surface area contributed by atoms with Crippen LogP contribution in [0.5, 0.6) is 0 Å². The minimum atomic E-state index is -2.98. The summed E-state index contributed by atoms with van der Waals surface area (Å²) in [6.45, 7) is 0. The lowest BCUT2D eigenvalue weighted by Gasteiger charge is -2.25. The first-order chi connectivity index (χ1) is 10.1. The van der Waals surface area contributed by atoms with Gasteiger partial charge in [0, 0.05) is 10.6 Å². The molecule has 0 saturated carbocycles. The van der Waals surface area contributed by atoms with Gasteiger partial charge in [0.2, 0.25) is 0 Å². The van der Waals surface area contributed by atoms with E-state index >= 15 is 0 Å². The predicted molar refractivity (Wildman–Crippen MR) is 88.0 cm³/mol. The van der Waals surface area contributed by atoms with Crippen LogP contribution in [0.2, 0.25) is 0 Å². The van der Waals surface area contributed by atoms with Gasteiger partial charge in [0.25, 0.3) is 0 Å². The fraction of sp³-hybridized carbons (Fsp3) is 0.267. The van der Waals surface area contributed by atoms with Gasteiger partial charge in [-0.15, -0.1) is 0 Å². The molecule has 0 amide bonds. The number of benzene rings is 2. The molecule has 0 bridgehead atoms. The van der Waals surface area contributed by atoms with Crippen molar-refractivity contribution in [2.24, 2.45) is 0 Å². The maximum atomic E-state index is 11.9. The summed E-state index contributed by atoms with van der Waals surface area (Å²) >= 11 is 1.38. The van der Waals surface area contributed by atoms with E-state index in [-0.39, 0.29) is 22.8 Å². The second-order valence-corrected chi connectivity index (χ2v) is 8.86. The lowest BCUT2D eigenvalue weighted by atomic mass is 10.1. The molecule has 2 aliphatic rings. The van der Waals surface area contributed by atoms with Crippen LogP contribution in [-0.2, 0) is 9.84 Å². The van der Waals surface area contributed by atoms with Crippen LogP contribution in [0.3, 0.4) is 0 Å². The first-order valence-corrected chi connectivity index (χ1v) is 9.48. The van der Waals surface area contributed by atoms with Crippen LogP contribution >= 0.6 is 11.8 Å². The molecule has 2 aromatic rings. The normalized spacial score (nSPS) is 27.2. The van der Waals surface area contributed by atoms with Crippen molar-refractivity contribution in [3.8, 4) is 0 Å². The van der Waals surface area contributed by atoms with Crippen LogP contribution in [0.25, 0.3) is 10.8 Å². The maximum absolute atomic E-state index is 11.9. The highest BCUT2D eigenvalue weighted by Gasteiger charge is 2.48. The fourth-order valence-electron chi connectivity index (χ4n) is 3.21. The van der Waals surface area contributed by atoms with E-state index in [0.29, 0.717) is 5.17 Å². The zero-order chi connectivity index (χ0) is 14.6. The number of fused-ring (bicyclic) bond motifs is 2. The number of thioether (sulfide) groups is 1. The van der Waals surface area contributed by atoms with Gasteiger partial charge in [-0.3, -0.25) is 5.41 Å². The highest BCUT2D eigenvalue weighted by atomic mass is 32.2. The van der Waals surface area contributed by atoms with Crippen molar-refractivity contribution in [3.05, 3.63) is 42.5 Å². The highest BCUT2D eigenvalue weighted by Crippen LogP contribution is 2.42. The number of amidine groups is 1. The number of hydrogen-bond acceptors (Lipinski definition) is 4. The van der Waals surface area contributed by atoms with E-state index < -0.39 is 9.84 Å². The third-order valence-electron chi connectivity index (χ3n) is 4.11. The van der Waals surface area contributed by atoms with Gasteiger partial charge in [-0.05, 0) is 11.5 Å². The van der Waals surface area contributed by atoms with Crippen molar-refractivity contribution in [1.82, 2.24) is 0 Å². The van der Waals surface area contributed by atoms with Crippen LogP contribution in [0.4, 0.5) is 5.69 Å². The Kier molecular flexibility index (Phi) is 2.81. The minimum Gasteiger partial charge on any atom is -0.316 e. The van der Waals surface area contributed by atoms with Crippen molar-refractivity contribution in [2.45, 2.75) is 11.3 Å². The predicted octanol–water partition coefficient (Wildman–Crippen LogP) is 2.49. The van der Waals surface area contributed by atoms with Crippen LogP contribution in [0.15, 0.2) is 42.5 Å². The van der Waals surface area contributed by atoms with Crippen LogP contribution in [0, 0.1) is 5.41 Å². The first kappa shape index (κ1) is 13.2. The number of hydrogen-bond donors (Lipinski definition) is 1. The summed E-state index contributed by atoms with van der Waals surface area (Å²) in [7, 11) is -2.98. The molecule has 2 aromatic carbocycles. The molecule has 2 heterocycles. The van der Waals surface area contributed by atoms with E-state index in [4.69, 9.17) is 5.41 Å². The third kappa shape index (κ3) is 2.05. The molecule has 0 spiro atoms. The van der Waals surface area contributed by atoms with E-state index in [0.717, 1.165) is 16.5 Å². The summed E-state index contributed by atoms with van der Waals surface area (Å²) in [5, 5.41) is 10.9. The Hall–Kier alpha value is -1.53. The zero-order valence-electron chi connectivity index (χ0n) is 11.2. The van der Waals surface area contributed by atoms with Crippen LogP contribution in [-0.4, -0.2) is 36.4 Å². The maximum Gasteiger partial charge on any atom is 0.161 e. The Morgan fingerprint density at radius 2 is 1.86 bits per heavy atom. The number of nitrogens with zero attached hydrogens (tertiary/aromatic N) is 1. The van der Waals surface area contributed by atoms with E-state index in [1.54, 1.807) is 0 Å². The zero-order valence-corrected chi connectivity index (χ0v) is 12.8. The molecular weight excluding hydrogens is 304 g/mol. The molecule has 4 rings (SSSR count). The molecule has 0 unspecified atom stereocenters. The molecule has 4 nitrogen and oxygen atoms in total. The van der Waals surface area contributed by atoms with Crippen LogP contribution < -0.4 is 4.90 Å². The second kappa shape index (κ2) is 4.48. The second-order valence-electron chi connectivity index (χ2n) is 5.47. The van der Waals surface area contributed by atoms with Crippen molar-refractivity contribution in [3.63, 3.8) is 0 Å². The van der Waals surface area contributed by atoms with Gasteiger partial charge < -0.3 is 4.90 Å². The van der Waals surface area contributed by atoms with Crippen molar-refractivity contribution >= 4 is 43.2 Å². The highest BCUT2D eigenvalue weighted by molar-refractivity contribution is 8.15. The average molecular weight is 318 g/mol. The van der Waals surface area contributed by atoms with E-state index in [1.807, 2.05) is 47.4 Å². The summed E-state index contributed by atoms with van der Waals surface area (Å²) in [5.74, 6) is 0.336. The number of sulfone groups is 1. The molecule has 0 aliphatic carbocycles. The van der Waals surface area contributed by atoms with E-state index in [1.165, 1.54) is 11.8 Å². The van der Waals surface area contributed by atoms with Gasteiger partial charge in [-0.1, -0.05) is 48.2 Å². The Morgan fingerprint density at radius 1 is 1.10 bits per heavy atom. The molecule has 2 aliphatic heterocycles. The number of anilines is 1. The summed E-state index contributed by atoms with van der Waals surface area (Å²) in [4.78, 5) is 1.90. The molecule has 6 heteroatoms. The van der Waals surface area contributed by atoms with E-state index in [9.17, 15) is 8.42 Å². The largest absolute Gasteiger partial charge is 0.316 e. The van der Waals surface area contributed by atoms with Gasteiger partial charge in [0.1, 0.15) is 0 Å². The van der Waals surface area contributed by atoms with Gasteiger partial charge in [-0.2, -0.15) is 0 Å². The van der Waals surface area contributed by atoms with Gasteiger partial charge in [0.05, 0.1) is 23.2 Å². The smallest absolute Gasteiger partial charge is 0.161 e.